The second kappa shape index (κ2) is 5.04. The van der Waals surface area contributed by atoms with Gasteiger partial charge in [0.15, 0.2) is 5.82 Å². The molecular weight excluding hydrogens is 230 g/mol. The molecule has 0 saturated carbocycles. The number of H-pyrrole nitrogens is 1. The Kier molecular flexibility index (Phi) is 3.63. The van der Waals surface area contributed by atoms with E-state index in [1.807, 2.05) is 4.90 Å². The second-order valence-electron chi connectivity index (χ2n) is 5.47. The van der Waals surface area contributed by atoms with E-state index < -0.39 is 0 Å². The van der Waals surface area contributed by atoms with Crippen LogP contribution >= 0.6 is 0 Å². The normalized spacial score (nSPS) is 19.4. The molecule has 100 valence electrons. The van der Waals surface area contributed by atoms with Crippen LogP contribution in [0.15, 0.2) is 0 Å². The van der Waals surface area contributed by atoms with E-state index in [-0.39, 0.29) is 11.8 Å². The van der Waals surface area contributed by atoms with Crippen LogP contribution in [-0.4, -0.2) is 44.5 Å². The summed E-state index contributed by atoms with van der Waals surface area (Å²) in [5.41, 5.74) is 0.295. The Morgan fingerprint density at radius 2 is 2.22 bits per heavy atom. The lowest BCUT2D eigenvalue weighted by atomic mass is 9.78. The second-order valence-corrected chi connectivity index (χ2v) is 5.47. The number of nitrogens with one attached hydrogen (secondary N) is 1. The Labute approximate surface area is 107 Å². The monoisotopic (exact) mass is 251 g/mol. The van der Waals surface area contributed by atoms with Crippen molar-refractivity contribution in [2.45, 2.75) is 46.0 Å². The van der Waals surface area contributed by atoms with Gasteiger partial charge in [-0.1, -0.05) is 32.4 Å². The van der Waals surface area contributed by atoms with Gasteiger partial charge in [0.25, 0.3) is 0 Å². The molecule has 1 unspecified atom stereocenters. The summed E-state index contributed by atoms with van der Waals surface area (Å²) in [5.74, 6) is 0.422. The highest BCUT2D eigenvalue weighted by atomic mass is 16.2. The van der Waals surface area contributed by atoms with Crippen molar-refractivity contribution in [1.29, 1.82) is 0 Å². The Hall–Kier alpha value is -1.46. The molecule has 1 aromatic heterocycles. The van der Waals surface area contributed by atoms with E-state index in [0.29, 0.717) is 11.2 Å². The van der Waals surface area contributed by atoms with E-state index in [1.54, 1.807) is 0 Å². The van der Waals surface area contributed by atoms with Crippen LogP contribution < -0.4 is 0 Å². The van der Waals surface area contributed by atoms with Gasteiger partial charge in [0.05, 0.1) is 0 Å². The van der Waals surface area contributed by atoms with Crippen LogP contribution in [0.2, 0.25) is 0 Å². The SMILES string of the molecule is CCCC(C(=O)N1CC(C)(CC)C1)c1nn[nH]n1. The maximum absolute atomic E-state index is 12.4. The van der Waals surface area contributed by atoms with Gasteiger partial charge in [0.1, 0.15) is 5.92 Å². The Morgan fingerprint density at radius 1 is 1.50 bits per heavy atom. The van der Waals surface area contributed by atoms with Gasteiger partial charge in [-0.05, 0) is 12.8 Å². The zero-order valence-corrected chi connectivity index (χ0v) is 11.3. The smallest absolute Gasteiger partial charge is 0.233 e. The van der Waals surface area contributed by atoms with Gasteiger partial charge in [-0.25, -0.2) is 0 Å². The van der Waals surface area contributed by atoms with Crippen molar-refractivity contribution >= 4 is 5.91 Å². The van der Waals surface area contributed by atoms with Crippen LogP contribution in [0.5, 0.6) is 0 Å². The number of carbonyl (C=O) groups is 1. The summed E-state index contributed by atoms with van der Waals surface area (Å²) in [4.78, 5) is 14.3. The molecule has 18 heavy (non-hydrogen) atoms. The number of carbonyl (C=O) groups excluding carboxylic acids is 1. The number of nitrogens with zero attached hydrogens (tertiary/aromatic N) is 4. The van der Waals surface area contributed by atoms with Crippen LogP contribution in [0.4, 0.5) is 0 Å². The van der Waals surface area contributed by atoms with Crippen molar-refractivity contribution < 1.29 is 4.79 Å². The van der Waals surface area contributed by atoms with E-state index in [1.165, 1.54) is 0 Å². The van der Waals surface area contributed by atoms with Crippen LogP contribution in [0.3, 0.4) is 0 Å². The van der Waals surface area contributed by atoms with Crippen molar-refractivity contribution in [1.82, 2.24) is 25.5 Å². The molecule has 0 aromatic carbocycles. The van der Waals surface area contributed by atoms with Crippen LogP contribution in [-0.2, 0) is 4.79 Å². The zero-order chi connectivity index (χ0) is 13.2. The molecule has 6 heteroatoms. The summed E-state index contributed by atoms with van der Waals surface area (Å²) >= 11 is 0. The van der Waals surface area contributed by atoms with Crippen molar-refractivity contribution in [3.8, 4) is 0 Å². The molecule has 1 atom stereocenters. The molecule has 1 fully saturated rings. The minimum atomic E-state index is -0.241. The fraction of sp³-hybridized carbons (Fsp3) is 0.833. The zero-order valence-electron chi connectivity index (χ0n) is 11.3. The summed E-state index contributed by atoms with van der Waals surface area (Å²) in [6, 6.07) is 0. The molecular formula is C12H21N5O. The summed E-state index contributed by atoms with van der Waals surface area (Å²) in [5, 5.41) is 13.9. The average molecular weight is 251 g/mol. The highest BCUT2D eigenvalue weighted by Crippen LogP contribution is 2.35. The molecule has 0 radical (unpaired) electrons. The molecule has 6 nitrogen and oxygen atoms in total. The summed E-state index contributed by atoms with van der Waals surface area (Å²) in [6.45, 7) is 8.15. The summed E-state index contributed by atoms with van der Waals surface area (Å²) < 4.78 is 0. The minimum Gasteiger partial charge on any atom is -0.341 e. The largest absolute Gasteiger partial charge is 0.341 e. The third-order valence-electron chi connectivity index (χ3n) is 3.86. The van der Waals surface area contributed by atoms with E-state index in [2.05, 4.69) is 41.4 Å². The van der Waals surface area contributed by atoms with Crippen molar-refractivity contribution in [2.24, 2.45) is 5.41 Å². The molecule has 2 heterocycles. The molecule has 0 spiro atoms. The quantitative estimate of drug-likeness (QED) is 0.857. The van der Waals surface area contributed by atoms with Crippen molar-refractivity contribution in [2.75, 3.05) is 13.1 Å². The number of aromatic nitrogens is 4. The summed E-state index contributed by atoms with van der Waals surface area (Å²) in [6.07, 6.45) is 2.82. The molecule has 2 rings (SSSR count). The third kappa shape index (κ3) is 2.37. The first-order valence-electron chi connectivity index (χ1n) is 6.62. The molecule has 1 aromatic rings. The fourth-order valence-corrected chi connectivity index (χ4v) is 2.44. The highest BCUT2D eigenvalue weighted by molar-refractivity contribution is 5.83. The first-order valence-corrected chi connectivity index (χ1v) is 6.62. The predicted molar refractivity (Wildman–Crippen MR) is 66.8 cm³/mol. The van der Waals surface area contributed by atoms with Crippen molar-refractivity contribution in [3.05, 3.63) is 5.82 Å². The van der Waals surface area contributed by atoms with Crippen LogP contribution in [0, 0.1) is 5.41 Å². The average Bonchev–Trinajstić information content (AvgIpc) is 2.84. The maximum Gasteiger partial charge on any atom is 0.233 e. The Morgan fingerprint density at radius 3 is 2.72 bits per heavy atom. The van der Waals surface area contributed by atoms with Gasteiger partial charge in [0, 0.05) is 18.5 Å². The van der Waals surface area contributed by atoms with E-state index >= 15 is 0 Å². The van der Waals surface area contributed by atoms with Crippen LogP contribution in [0.1, 0.15) is 51.8 Å². The number of hydrogen-bond donors (Lipinski definition) is 1. The number of rotatable bonds is 5. The van der Waals surface area contributed by atoms with Gasteiger partial charge >= 0.3 is 0 Å². The predicted octanol–water partition coefficient (Wildman–Crippen LogP) is 1.34. The number of tetrazole rings is 1. The standard InChI is InChI=1S/C12H21N5O/c1-4-6-9(10-13-15-16-14-10)11(18)17-7-12(3,5-2)8-17/h9H,4-8H2,1-3H3,(H,13,14,15,16). The number of hydrogen-bond acceptors (Lipinski definition) is 4. The molecule has 1 saturated heterocycles. The molecule has 1 aliphatic rings. The Balaban J connectivity index is 2.02. The molecule has 1 N–H and O–H groups in total. The lowest BCUT2D eigenvalue weighted by Gasteiger charge is -2.48. The maximum atomic E-state index is 12.4. The van der Waals surface area contributed by atoms with Gasteiger partial charge in [-0.3, -0.25) is 4.79 Å². The van der Waals surface area contributed by atoms with Crippen LogP contribution in [0.25, 0.3) is 0 Å². The number of aromatic amines is 1. The summed E-state index contributed by atoms with van der Waals surface area (Å²) in [7, 11) is 0. The van der Waals surface area contributed by atoms with Gasteiger partial charge in [-0.15, -0.1) is 10.2 Å². The minimum absolute atomic E-state index is 0.143. The Bertz CT molecular complexity index is 397. The van der Waals surface area contributed by atoms with E-state index in [4.69, 9.17) is 0 Å². The first-order chi connectivity index (χ1) is 8.59. The first kappa shape index (κ1) is 13.0. The van der Waals surface area contributed by atoms with Gasteiger partial charge < -0.3 is 4.90 Å². The van der Waals surface area contributed by atoms with Gasteiger partial charge in [0.2, 0.25) is 5.91 Å². The molecule has 1 aliphatic heterocycles. The lowest BCUT2D eigenvalue weighted by molar-refractivity contribution is -0.144. The lowest BCUT2D eigenvalue weighted by Crippen LogP contribution is -2.57. The van der Waals surface area contributed by atoms with Crippen molar-refractivity contribution in [3.63, 3.8) is 0 Å². The van der Waals surface area contributed by atoms with Gasteiger partial charge in [-0.2, -0.15) is 5.21 Å². The molecule has 0 aliphatic carbocycles. The third-order valence-corrected chi connectivity index (χ3v) is 3.86. The highest BCUT2D eigenvalue weighted by Gasteiger charge is 2.42. The number of amides is 1. The van der Waals surface area contributed by atoms with E-state index in [9.17, 15) is 4.79 Å². The van der Waals surface area contributed by atoms with E-state index in [0.717, 1.165) is 32.4 Å². The number of likely N-dealkylation sites (tertiary alicyclic amines) is 1. The topological polar surface area (TPSA) is 74.8 Å². The fourth-order valence-electron chi connectivity index (χ4n) is 2.44. The molecule has 0 bridgehead atoms. The molecule has 1 amide bonds.